The Hall–Kier alpha value is -1.45. The number of ether oxygens (including phenoxy) is 1. The van der Waals surface area contributed by atoms with E-state index in [1.54, 1.807) is 13.8 Å². The van der Waals surface area contributed by atoms with Gasteiger partial charge in [0.25, 0.3) is 0 Å². The molecule has 1 rings (SSSR count). The fraction of sp³-hybridized carbons (Fsp3) is 0.462. The van der Waals surface area contributed by atoms with Crippen LogP contribution in [0.4, 0.5) is 8.78 Å². The van der Waals surface area contributed by atoms with E-state index in [9.17, 15) is 13.6 Å². The highest BCUT2D eigenvalue weighted by Crippen LogP contribution is 2.32. The summed E-state index contributed by atoms with van der Waals surface area (Å²) in [5, 5.41) is 0. The Morgan fingerprint density at radius 1 is 1.35 bits per heavy atom. The Kier molecular flexibility index (Phi) is 3.86. The molecule has 0 fully saturated rings. The summed E-state index contributed by atoms with van der Waals surface area (Å²) in [4.78, 5) is 12.2. The third kappa shape index (κ3) is 2.62. The van der Waals surface area contributed by atoms with Gasteiger partial charge in [-0.25, -0.2) is 8.78 Å². The summed E-state index contributed by atoms with van der Waals surface area (Å²) in [6.07, 6.45) is 0.577. The lowest BCUT2D eigenvalue weighted by molar-refractivity contribution is 0.0828. The standard InChI is InChI=1S/C13H16F2O2/c1-5-13(2,3)12(16)9-6-8(14)7-10(15)11(9)17-4/h6-7H,5H2,1-4H3. The highest BCUT2D eigenvalue weighted by atomic mass is 19.1. The van der Waals surface area contributed by atoms with Gasteiger partial charge >= 0.3 is 0 Å². The quantitative estimate of drug-likeness (QED) is 0.754. The van der Waals surface area contributed by atoms with Gasteiger partial charge in [0, 0.05) is 11.5 Å². The summed E-state index contributed by atoms with van der Waals surface area (Å²) in [5.74, 6) is -2.16. The van der Waals surface area contributed by atoms with Crippen molar-refractivity contribution < 1.29 is 18.3 Å². The molecule has 0 aliphatic heterocycles. The van der Waals surface area contributed by atoms with Crippen molar-refractivity contribution in [2.45, 2.75) is 27.2 Å². The van der Waals surface area contributed by atoms with Crippen LogP contribution < -0.4 is 4.74 Å². The van der Waals surface area contributed by atoms with Crippen LogP contribution in [0, 0.1) is 17.0 Å². The molecule has 0 atom stereocenters. The monoisotopic (exact) mass is 242 g/mol. The first-order valence-electron chi connectivity index (χ1n) is 5.41. The van der Waals surface area contributed by atoms with E-state index in [1.165, 1.54) is 7.11 Å². The van der Waals surface area contributed by atoms with Crippen molar-refractivity contribution in [3.05, 3.63) is 29.3 Å². The number of hydrogen-bond acceptors (Lipinski definition) is 2. The lowest BCUT2D eigenvalue weighted by Gasteiger charge is -2.22. The molecule has 0 aliphatic carbocycles. The minimum Gasteiger partial charge on any atom is -0.493 e. The molecule has 17 heavy (non-hydrogen) atoms. The Bertz CT molecular complexity index is 439. The van der Waals surface area contributed by atoms with E-state index >= 15 is 0 Å². The SMILES string of the molecule is CCC(C)(C)C(=O)c1cc(F)cc(F)c1OC. The zero-order valence-electron chi connectivity index (χ0n) is 10.4. The van der Waals surface area contributed by atoms with Crippen LogP contribution in [0.15, 0.2) is 12.1 Å². The summed E-state index contributed by atoms with van der Waals surface area (Å²) in [6.45, 7) is 5.31. The number of Topliss-reactive ketones (excluding diaryl/α,β-unsaturated/α-hetero) is 1. The smallest absolute Gasteiger partial charge is 0.172 e. The molecular formula is C13H16F2O2. The Balaban J connectivity index is 3.35. The van der Waals surface area contributed by atoms with E-state index in [0.717, 1.165) is 6.07 Å². The number of rotatable bonds is 4. The molecule has 1 aromatic rings. The number of ketones is 1. The van der Waals surface area contributed by atoms with Gasteiger partial charge in [-0.3, -0.25) is 4.79 Å². The molecule has 0 unspecified atom stereocenters. The highest BCUT2D eigenvalue weighted by Gasteiger charge is 2.30. The largest absolute Gasteiger partial charge is 0.493 e. The second kappa shape index (κ2) is 4.82. The fourth-order valence-electron chi connectivity index (χ4n) is 1.46. The third-order valence-electron chi connectivity index (χ3n) is 2.96. The maximum absolute atomic E-state index is 13.4. The first-order chi connectivity index (χ1) is 7.83. The molecule has 0 heterocycles. The average molecular weight is 242 g/mol. The number of carbonyl (C=O) groups excluding carboxylic acids is 1. The number of benzene rings is 1. The van der Waals surface area contributed by atoms with E-state index in [-0.39, 0.29) is 17.1 Å². The maximum atomic E-state index is 13.4. The van der Waals surface area contributed by atoms with Crippen molar-refractivity contribution in [2.75, 3.05) is 7.11 Å². The number of methoxy groups -OCH3 is 1. The summed E-state index contributed by atoms with van der Waals surface area (Å²) >= 11 is 0. The predicted molar refractivity (Wildman–Crippen MR) is 61.3 cm³/mol. The normalized spacial score (nSPS) is 11.4. The van der Waals surface area contributed by atoms with E-state index in [1.807, 2.05) is 6.92 Å². The van der Waals surface area contributed by atoms with Crippen LogP contribution in [0.2, 0.25) is 0 Å². The van der Waals surface area contributed by atoms with Crippen LogP contribution in [0.1, 0.15) is 37.6 Å². The predicted octanol–water partition coefficient (Wildman–Crippen LogP) is 3.59. The van der Waals surface area contributed by atoms with Gasteiger partial charge in [-0.05, 0) is 12.5 Å². The molecule has 0 radical (unpaired) electrons. The van der Waals surface area contributed by atoms with E-state index in [0.29, 0.717) is 12.5 Å². The summed E-state index contributed by atoms with van der Waals surface area (Å²) < 4.78 is 31.4. The molecule has 0 aliphatic rings. The fourth-order valence-corrected chi connectivity index (χ4v) is 1.46. The molecule has 0 bridgehead atoms. The lowest BCUT2D eigenvalue weighted by Crippen LogP contribution is -2.24. The summed E-state index contributed by atoms with van der Waals surface area (Å²) in [7, 11) is 1.26. The molecule has 1 aromatic carbocycles. The minimum atomic E-state index is -0.859. The summed E-state index contributed by atoms with van der Waals surface area (Å²) in [6, 6.07) is 1.72. The zero-order valence-corrected chi connectivity index (χ0v) is 10.4. The topological polar surface area (TPSA) is 26.3 Å². The molecule has 0 aromatic heterocycles. The van der Waals surface area contributed by atoms with Gasteiger partial charge in [-0.15, -0.1) is 0 Å². The molecule has 0 amide bonds. The minimum absolute atomic E-state index is 0.0446. The molecule has 4 heteroatoms. The molecular weight excluding hydrogens is 226 g/mol. The van der Waals surface area contributed by atoms with Gasteiger partial charge in [0.15, 0.2) is 17.3 Å². The molecule has 94 valence electrons. The number of hydrogen-bond donors (Lipinski definition) is 0. The van der Waals surface area contributed by atoms with Crippen molar-refractivity contribution in [1.29, 1.82) is 0 Å². The van der Waals surface area contributed by atoms with Crippen LogP contribution in [-0.2, 0) is 0 Å². The van der Waals surface area contributed by atoms with Crippen molar-refractivity contribution in [2.24, 2.45) is 5.41 Å². The van der Waals surface area contributed by atoms with Gasteiger partial charge < -0.3 is 4.74 Å². The number of carbonyl (C=O) groups is 1. The average Bonchev–Trinajstić information content (AvgIpc) is 2.27. The lowest BCUT2D eigenvalue weighted by atomic mass is 9.81. The zero-order chi connectivity index (χ0) is 13.2. The first kappa shape index (κ1) is 13.6. The van der Waals surface area contributed by atoms with Gasteiger partial charge in [-0.1, -0.05) is 20.8 Å². The summed E-state index contributed by atoms with van der Waals surface area (Å²) in [5.41, 5.74) is -0.718. The van der Waals surface area contributed by atoms with E-state index < -0.39 is 17.0 Å². The van der Waals surface area contributed by atoms with Crippen molar-refractivity contribution in [3.8, 4) is 5.75 Å². The van der Waals surface area contributed by atoms with Gasteiger partial charge in [0.1, 0.15) is 5.82 Å². The first-order valence-corrected chi connectivity index (χ1v) is 5.41. The molecule has 0 N–H and O–H groups in total. The second-order valence-electron chi connectivity index (χ2n) is 4.53. The van der Waals surface area contributed by atoms with Crippen LogP contribution in [0.5, 0.6) is 5.75 Å². The van der Waals surface area contributed by atoms with Crippen LogP contribution in [-0.4, -0.2) is 12.9 Å². The Morgan fingerprint density at radius 2 is 1.94 bits per heavy atom. The van der Waals surface area contributed by atoms with Crippen LogP contribution in [0.25, 0.3) is 0 Å². The molecule has 0 saturated carbocycles. The van der Waals surface area contributed by atoms with Gasteiger partial charge in [0.05, 0.1) is 12.7 Å². The molecule has 0 spiro atoms. The van der Waals surface area contributed by atoms with Crippen LogP contribution in [0.3, 0.4) is 0 Å². The molecule has 0 saturated heterocycles. The van der Waals surface area contributed by atoms with E-state index in [4.69, 9.17) is 4.74 Å². The van der Waals surface area contributed by atoms with Crippen molar-refractivity contribution >= 4 is 5.78 Å². The van der Waals surface area contributed by atoms with Crippen LogP contribution >= 0.6 is 0 Å². The number of halogens is 2. The van der Waals surface area contributed by atoms with E-state index in [2.05, 4.69) is 0 Å². The Morgan fingerprint density at radius 3 is 2.41 bits per heavy atom. The second-order valence-corrected chi connectivity index (χ2v) is 4.53. The third-order valence-corrected chi connectivity index (χ3v) is 2.96. The van der Waals surface area contributed by atoms with Gasteiger partial charge in [-0.2, -0.15) is 0 Å². The van der Waals surface area contributed by atoms with Gasteiger partial charge in [0.2, 0.25) is 0 Å². The maximum Gasteiger partial charge on any atom is 0.172 e. The van der Waals surface area contributed by atoms with Crippen molar-refractivity contribution in [3.63, 3.8) is 0 Å². The molecule has 2 nitrogen and oxygen atoms in total. The van der Waals surface area contributed by atoms with Crippen molar-refractivity contribution in [1.82, 2.24) is 0 Å². The highest BCUT2D eigenvalue weighted by molar-refractivity contribution is 6.02. The Labute approximate surface area is 99.6 Å².